The number of hydrogen-bond acceptors (Lipinski definition) is 3. The fourth-order valence-electron chi connectivity index (χ4n) is 3.30. The van der Waals surface area contributed by atoms with Crippen LogP contribution in [0.15, 0.2) is 54.9 Å². The van der Waals surface area contributed by atoms with Crippen LogP contribution in [-0.4, -0.2) is 34.9 Å². The molecule has 1 atom stereocenters. The molecule has 1 aliphatic heterocycles. The van der Waals surface area contributed by atoms with Crippen molar-refractivity contribution in [2.24, 2.45) is 0 Å². The Bertz CT molecular complexity index is 630. The Kier molecular flexibility index (Phi) is 5.96. The highest BCUT2D eigenvalue weighted by atomic mass is 16.2. The van der Waals surface area contributed by atoms with Crippen molar-refractivity contribution in [3.05, 3.63) is 66.0 Å². The predicted octanol–water partition coefficient (Wildman–Crippen LogP) is 2.80. The maximum atomic E-state index is 12.2. The molecule has 4 nitrogen and oxygen atoms in total. The Labute approximate surface area is 143 Å². The molecule has 1 aliphatic rings. The van der Waals surface area contributed by atoms with Crippen LogP contribution in [-0.2, 0) is 17.8 Å². The number of aromatic nitrogens is 1. The summed E-state index contributed by atoms with van der Waals surface area (Å²) in [6.45, 7) is 2.59. The second-order valence-corrected chi connectivity index (χ2v) is 6.34. The van der Waals surface area contributed by atoms with E-state index in [4.69, 9.17) is 0 Å². The van der Waals surface area contributed by atoms with Gasteiger partial charge in [-0.1, -0.05) is 36.4 Å². The number of hydrogen-bond donors (Lipinski definition) is 1. The van der Waals surface area contributed by atoms with Crippen LogP contribution in [0.1, 0.15) is 30.4 Å². The van der Waals surface area contributed by atoms with Crippen molar-refractivity contribution in [1.82, 2.24) is 15.2 Å². The van der Waals surface area contributed by atoms with Crippen LogP contribution in [0.3, 0.4) is 0 Å². The second-order valence-electron chi connectivity index (χ2n) is 6.34. The van der Waals surface area contributed by atoms with E-state index in [1.807, 2.05) is 18.3 Å². The third-order valence-corrected chi connectivity index (χ3v) is 4.64. The molecule has 1 fully saturated rings. The average Bonchev–Trinajstić information content (AvgIpc) is 2.98. The Morgan fingerprint density at radius 1 is 1.12 bits per heavy atom. The maximum absolute atomic E-state index is 12.2. The summed E-state index contributed by atoms with van der Waals surface area (Å²) in [7, 11) is 0. The third kappa shape index (κ3) is 4.65. The van der Waals surface area contributed by atoms with E-state index in [-0.39, 0.29) is 0 Å². The van der Waals surface area contributed by atoms with Gasteiger partial charge in [-0.05, 0) is 43.0 Å². The highest BCUT2D eigenvalue weighted by Crippen LogP contribution is 2.21. The number of pyridine rings is 1. The lowest BCUT2D eigenvalue weighted by molar-refractivity contribution is -0.129. The molecule has 4 heteroatoms. The van der Waals surface area contributed by atoms with Gasteiger partial charge in [0.1, 0.15) is 0 Å². The van der Waals surface area contributed by atoms with E-state index in [1.54, 1.807) is 6.20 Å². The number of nitrogens with zero attached hydrogens (tertiary/aromatic N) is 2. The van der Waals surface area contributed by atoms with Crippen molar-refractivity contribution in [3.8, 4) is 0 Å². The van der Waals surface area contributed by atoms with Crippen LogP contribution in [0.5, 0.6) is 0 Å². The Hall–Kier alpha value is -2.20. The minimum atomic E-state index is 0.309. The van der Waals surface area contributed by atoms with E-state index in [1.165, 1.54) is 11.1 Å². The molecule has 24 heavy (non-hydrogen) atoms. The average molecular weight is 323 g/mol. The van der Waals surface area contributed by atoms with Gasteiger partial charge in [-0.25, -0.2) is 0 Å². The van der Waals surface area contributed by atoms with E-state index >= 15 is 0 Å². The van der Waals surface area contributed by atoms with Gasteiger partial charge in [-0.15, -0.1) is 0 Å². The monoisotopic (exact) mass is 323 g/mol. The molecule has 0 saturated carbocycles. The van der Waals surface area contributed by atoms with Crippen molar-refractivity contribution >= 4 is 5.91 Å². The normalized spacial score (nSPS) is 17.4. The molecular weight excluding hydrogens is 298 g/mol. The van der Waals surface area contributed by atoms with E-state index in [9.17, 15) is 4.79 Å². The molecule has 3 rings (SSSR count). The summed E-state index contributed by atoms with van der Waals surface area (Å²) in [4.78, 5) is 18.4. The van der Waals surface area contributed by atoms with Crippen LogP contribution >= 0.6 is 0 Å². The summed E-state index contributed by atoms with van der Waals surface area (Å²) in [5, 5.41) is 3.46. The molecule has 0 radical (unpaired) electrons. The van der Waals surface area contributed by atoms with Gasteiger partial charge in [-0.3, -0.25) is 9.78 Å². The number of nitrogens with one attached hydrogen (secondary N) is 1. The Morgan fingerprint density at radius 2 is 1.96 bits per heavy atom. The summed E-state index contributed by atoms with van der Waals surface area (Å²) in [5.41, 5.74) is 2.49. The molecule has 1 N–H and O–H groups in total. The SMILES string of the molecule is O=C1CC[C@@H](CCNCc2cccnc2)N1CCc1ccccc1. The molecule has 0 bridgehead atoms. The highest BCUT2D eigenvalue weighted by molar-refractivity contribution is 5.78. The first kappa shape index (κ1) is 16.7. The first-order valence-corrected chi connectivity index (χ1v) is 8.76. The molecule has 0 spiro atoms. The lowest BCUT2D eigenvalue weighted by Crippen LogP contribution is -2.36. The largest absolute Gasteiger partial charge is 0.339 e. The summed E-state index contributed by atoms with van der Waals surface area (Å²) < 4.78 is 0. The summed E-state index contributed by atoms with van der Waals surface area (Å²) in [6, 6.07) is 14.8. The topological polar surface area (TPSA) is 45.2 Å². The molecule has 126 valence electrons. The highest BCUT2D eigenvalue weighted by Gasteiger charge is 2.29. The van der Waals surface area contributed by atoms with E-state index in [0.717, 1.165) is 38.9 Å². The number of carbonyl (C=O) groups is 1. The standard InChI is InChI=1S/C20H25N3O/c24-20-9-8-19(10-13-22-16-18-7-4-12-21-15-18)23(20)14-11-17-5-2-1-3-6-17/h1-7,12,15,19,22H,8-11,13-14,16H2/t19-/m0/s1. The Morgan fingerprint density at radius 3 is 2.75 bits per heavy atom. The molecule has 1 aromatic heterocycles. The maximum Gasteiger partial charge on any atom is 0.222 e. The van der Waals surface area contributed by atoms with Crippen LogP contribution in [0, 0.1) is 0 Å². The number of rotatable bonds is 8. The van der Waals surface area contributed by atoms with Crippen LogP contribution in [0.4, 0.5) is 0 Å². The molecule has 1 amide bonds. The van der Waals surface area contributed by atoms with Crippen LogP contribution in [0.25, 0.3) is 0 Å². The van der Waals surface area contributed by atoms with E-state index in [2.05, 4.69) is 45.5 Å². The van der Waals surface area contributed by atoms with Crippen molar-refractivity contribution < 1.29 is 4.79 Å². The van der Waals surface area contributed by atoms with Crippen LogP contribution in [0.2, 0.25) is 0 Å². The quantitative estimate of drug-likeness (QED) is 0.760. The minimum Gasteiger partial charge on any atom is -0.339 e. The van der Waals surface area contributed by atoms with Gasteiger partial charge in [0, 0.05) is 37.9 Å². The molecule has 0 unspecified atom stereocenters. The second kappa shape index (κ2) is 8.60. The zero-order valence-corrected chi connectivity index (χ0v) is 14.0. The Balaban J connectivity index is 1.43. The third-order valence-electron chi connectivity index (χ3n) is 4.64. The fourth-order valence-corrected chi connectivity index (χ4v) is 3.30. The molecule has 2 heterocycles. The number of likely N-dealkylation sites (tertiary alicyclic amines) is 1. The molecule has 1 aromatic carbocycles. The van der Waals surface area contributed by atoms with Crippen molar-refractivity contribution in [2.45, 2.75) is 38.3 Å². The summed E-state index contributed by atoms with van der Waals surface area (Å²) in [6.07, 6.45) is 7.31. The van der Waals surface area contributed by atoms with Gasteiger partial charge in [0.2, 0.25) is 5.91 Å². The zero-order chi connectivity index (χ0) is 16.6. The smallest absolute Gasteiger partial charge is 0.222 e. The number of benzene rings is 1. The van der Waals surface area contributed by atoms with Gasteiger partial charge in [0.15, 0.2) is 0 Å². The lowest BCUT2D eigenvalue weighted by atomic mass is 10.1. The molecule has 1 saturated heterocycles. The van der Waals surface area contributed by atoms with Gasteiger partial charge in [-0.2, -0.15) is 0 Å². The van der Waals surface area contributed by atoms with Crippen molar-refractivity contribution in [1.29, 1.82) is 0 Å². The van der Waals surface area contributed by atoms with Crippen molar-refractivity contribution in [2.75, 3.05) is 13.1 Å². The van der Waals surface area contributed by atoms with Crippen molar-refractivity contribution in [3.63, 3.8) is 0 Å². The summed E-state index contributed by atoms with van der Waals surface area (Å²) in [5.74, 6) is 0.309. The van der Waals surface area contributed by atoms with Gasteiger partial charge in [0.05, 0.1) is 0 Å². The molecule has 2 aromatic rings. The number of amides is 1. The first-order chi connectivity index (χ1) is 11.8. The van der Waals surface area contributed by atoms with E-state index < -0.39 is 0 Å². The van der Waals surface area contributed by atoms with Gasteiger partial charge in [0.25, 0.3) is 0 Å². The first-order valence-electron chi connectivity index (χ1n) is 8.76. The van der Waals surface area contributed by atoms with Crippen LogP contribution < -0.4 is 5.32 Å². The fraction of sp³-hybridized carbons (Fsp3) is 0.400. The van der Waals surface area contributed by atoms with Gasteiger partial charge >= 0.3 is 0 Å². The zero-order valence-electron chi connectivity index (χ0n) is 14.0. The summed E-state index contributed by atoms with van der Waals surface area (Å²) >= 11 is 0. The molecular formula is C20H25N3O. The predicted molar refractivity (Wildman–Crippen MR) is 95.4 cm³/mol. The van der Waals surface area contributed by atoms with Gasteiger partial charge < -0.3 is 10.2 Å². The minimum absolute atomic E-state index is 0.309. The van der Waals surface area contributed by atoms with E-state index in [0.29, 0.717) is 18.4 Å². The lowest BCUT2D eigenvalue weighted by Gasteiger charge is -2.25. The number of carbonyl (C=O) groups excluding carboxylic acids is 1. The molecule has 0 aliphatic carbocycles.